The number of esters is 1. The summed E-state index contributed by atoms with van der Waals surface area (Å²) in [7, 11) is -4.03. The van der Waals surface area contributed by atoms with Crippen LogP contribution >= 0.6 is 0 Å². The first kappa shape index (κ1) is 25.8. The molecule has 0 aromatic heterocycles. The van der Waals surface area contributed by atoms with E-state index in [1.165, 1.54) is 24.3 Å². The van der Waals surface area contributed by atoms with Crippen molar-refractivity contribution < 1.29 is 31.7 Å². The van der Waals surface area contributed by atoms with Crippen LogP contribution in [0.1, 0.15) is 30.4 Å². The normalized spacial score (nSPS) is 11.8. The Morgan fingerprint density at radius 3 is 2.26 bits per heavy atom. The number of nitrogens with one attached hydrogen (secondary N) is 1. The number of carbonyl (C=O) groups excluding carboxylic acids is 2. The van der Waals surface area contributed by atoms with E-state index in [2.05, 4.69) is 5.32 Å². The highest BCUT2D eigenvalue weighted by molar-refractivity contribution is 7.87. The quantitative estimate of drug-likeness (QED) is 0.309. The van der Waals surface area contributed by atoms with Gasteiger partial charge in [-0.1, -0.05) is 60.7 Å². The van der Waals surface area contributed by atoms with Crippen molar-refractivity contribution in [2.24, 2.45) is 0 Å². The standard InChI is InChI=1S/C26H27NO7S/c1-2-32-25(28)17-22(18-27-26(29)33-19-20-10-5-3-6-11-20)21-12-9-13-23(16-21)34-35(30,31)24-14-7-4-8-15-24/h3-16,22H,2,17-19H2,1H3,(H,27,29). The van der Waals surface area contributed by atoms with Crippen LogP contribution in [-0.2, 0) is 31.0 Å². The van der Waals surface area contributed by atoms with E-state index in [0.29, 0.717) is 5.56 Å². The predicted molar refractivity (Wildman–Crippen MR) is 129 cm³/mol. The molecule has 0 fully saturated rings. The lowest BCUT2D eigenvalue weighted by Crippen LogP contribution is -2.30. The summed E-state index contributed by atoms with van der Waals surface area (Å²) in [5.74, 6) is -0.853. The van der Waals surface area contributed by atoms with Gasteiger partial charge in [-0.3, -0.25) is 4.79 Å². The molecule has 1 amide bonds. The van der Waals surface area contributed by atoms with Gasteiger partial charge in [0.2, 0.25) is 0 Å². The summed E-state index contributed by atoms with van der Waals surface area (Å²) >= 11 is 0. The zero-order valence-electron chi connectivity index (χ0n) is 19.3. The lowest BCUT2D eigenvalue weighted by Gasteiger charge is -2.18. The molecular weight excluding hydrogens is 470 g/mol. The summed E-state index contributed by atoms with van der Waals surface area (Å²) in [5.41, 5.74) is 1.44. The van der Waals surface area contributed by atoms with Gasteiger partial charge < -0.3 is 19.0 Å². The van der Waals surface area contributed by atoms with Crippen LogP contribution in [0.3, 0.4) is 0 Å². The molecule has 1 N–H and O–H groups in total. The van der Waals surface area contributed by atoms with Gasteiger partial charge in [0.15, 0.2) is 0 Å². The number of hydrogen-bond acceptors (Lipinski definition) is 7. The van der Waals surface area contributed by atoms with Crippen LogP contribution < -0.4 is 9.50 Å². The molecule has 3 rings (SSSR count). The van der Waals surface area contributed by atoms with Gasteiger partial charge in [0, 0.05) is 12.5 Å². The second-order valence-corrected chi connectivity index (χ2v) is 9.12. The Labute approximate surface area is 205 Å². The van der Waals surface area contributed by atoms with Crippen LogP contribution in [0.25, 0.3) is 0 Å². The predicted octanol–water partition coefficient (Wildman–Crippen LogP) is 4.42. The smallest absolute Gasteiger partial charge is 0.407 e. The summed E-state index contributed by atoms with van der Waals surface area (Å²) < 4.78 is 40.7. The van der Waals surface area contributed by atoms with Crippen LogP contribution in [0.4, 0.5) is 4.79 Å². The van der Waals surface area contributed by atoms with Crippen molar-refractivity contribution >= 4 is 22.2 Å². The highest BCUT2D eigenvalue weighted by Gasteiger charge is 2.21. The SMILES string of the molecule is CCOC(=O)CC(CNC(=O)OCc1ccccc1)c1cccc(OS(=O)(=O)c2ccccc2)c1. The highest BCUT2D eigenvalue weighted by Crippen LogP contribution is 2.26. The van der Waals surface area contributed by atoms with Crippen molar-refractivity contribution in [1.29, 1.82) is 0 Å². The number of benzene rings is 3. The van der Waals surface area contributed by atoms with Crippen molar-refractivity contribution in [3.05, 3.63) is 96.1 Å². The molecule has 0 aliphatic rings. The minimum absolute atomic E-state index is 0.0244. The molecule has 184 valence electrons. The van der Waals surface area contributed by atoms with Crippen LogP contribution in [-0.4, -0.2) is 33.6 Å². The molecule has 0 spiro atoms. The van der Waals surface area contributed by atoms with Crippen LogP contribution in [0.15, 0.2) is 89.8 Å². The summed E-state index contributed by atoms with van der Waals surface area (Å²) in [6.45, 7) is 2.10. The van der Waals surface area contributed by atoms with Gasteiger partial charge in [-0.25, -0.2) is 4.79 Å². The van der Waals surface area contributed by atoms with Crippen molar-refractivity contribution in [3.8, 4) is 5.75 Å². The Morgan fingerprint density at radius 2 is 1.57 bits per heavy atom. The Kier molecular flexibility index (Phi) is 9.25. The minimum Gasteiger partial charge on any atom is -0.466 e. The number of hydrogen-bond donors (Lipinski definition) is 1. The van der Waals surface area contributed by atoms with E-state index >= 15 is 0 Å². The average molecular weight is 498 g/mol. The maximum Gasteiger partial charge on any atom is 0.407 e. The van der Waals surface area contributed by atoms with Crippen LogP contribution in [0, 0.1) is 0 Å². The molecule has 0 heterocycles. The highest BCUT2D eigenvalue weighted by atomic mass is 32.2. The maximum absolute atomic E-state index is 12.6. The van der Waals surface area contributed by atoms with E-state index in [9.17, 15) is 18.0 Å². The first-order valence-electron chi connectivity index (χ1n) is 11.1. The Hall–Kier alpha value is -3.85. The van der Waals surface area contributed by atoms with Crippen LogP contribution in [0.2, 0.25) is 0 Å². The van der Waals surface area contributed by atoms with Crippen molar-refractivity contribution in [2.45, 2.75) is 30.8 Å². The molecule has 35 heavy (non-hydrogen) atoms. The lowest BCUT2D eigenvalue weighted by molar-refractivity contribution is -0.143. The fourth-order valence-electron chi connectivity index (χ4n) is 3.29. The molecular formula is C26H27NO7S. The number of alkyl carbamates (subject to hydrolysis) is 1. The Balaban J connectivity index is 1.70. The molecule has 0 aliphatic carbocycles. The molecule has 8 nitrogen and oxygen atoms in total. The van der Waals surface area contributed by atoms with Crippen LogP contribution in [0.5, 0.6) is 5.75 Å². The second kappa shape index (κ2) is 12.6. The summed E-state index contributed by atoms with van der Waals surface area (Å²) in [4.78, 5) is 24.4. The summed E-state index contributed by atoms with van der Waals surface area (Å²) in [6, 6.07) is 23.4. The number of ether oxygens (including phenoxy) is 2. The zero-order valence-corrected chi connectivity index (χ0v) is 20.1. The third-order valence-corrected chi connectivity index (χ3v) is 6.25. The molecule has 0 saturated carbocycles. The van der Waals surface area contributed by atoms with E-state index in [-0.39, 0.29) is 36.8 Å². The maximum atomic E-state index is 12.6. The zero-order chi connectivity index (χ0) is 25.1. The summed E-state index contributed by atoms with van der Waals surface area (Å²) in [6.07, 6.45) is -0.663. The minimum atomic E-state index is -4.03. The third kappa shape index (κ3) is 8.15. The largest absolute Gasteiger partial charge is 0.466 e. The fourth-order valence-corrected chi connectivity index (χ4v) is 4.24. The monoisotopic (exact) mass is 497 g/mol. The fraction of sp³-hybridized carbons (Fsp3) is 0.231. The van der Waals surface area contributed by atoms with Crippen molar-refractivity contribution in [3.63, 3.8) is 0 Å². The Bertz CT molecular complexity index is 1210. The first-order valence-corrected chi connectivity index (χ1v) is 12.5. The van der Waals surface area contributed by atoms with E-state index in [0.717, 1.165) is 5.56 Å². The average Bonchev–Trinajstić information content (AvgIpc) is 2.86. The topological polar surface area (TPSA) is 108 Å². The number of carbonyl (C=O) groups is 2. The molecule has 1 unspecified atom stereocenters. The molecule has 0 saturated heterocycles. The van der Waals surface area contributed by atoms with Crippen molar-refractivity contribution in [2.75, 3.05) is 13.2 Å². The molecule has 3 aromatic carbocycles. The second-order valence-electron chi connectivity index (χ2n) is 7.57. The Morgan fingerprint density at radius 1 is 0.886 bits per heavy atom. The van der Waals surface area contributed by atoms with E-state index in [1.54, 1.807) is 37.3 Å². The summed E-state index contributed by atoms with van der Waals surface area (Å²) in [5, 5.41) is 2.66. The molecule has 1 atom stereocenters. The van der Waals surface area contributed by atoms with Gasteiger partial charge in [-0.2, -0.15) is 8.42 Å². The lowest BCUT2D eigenvalue weighted by atomic mass is 9.95. The van der Waals surface area contributed by atoms with Crippen molar-refractivity contribution in [1.82, 2.24) is 5.32 Å². The van der Waals surface area contributed by atoms with E-state index in [1.807, 2.05) is 30.3 Å². The van der Waals surface area contributed by atoms with E-state index in [4.69, 9.17) is 13.7 Å². The number of rotatable bonds is 11. The first-order chi connectivity index (χ1) is 16.9. The number of amides is 1. The van der Waals surface area contributed by atoms with E-state index < -0.39 is 28.1 Å². The van der Waals surface area contributed by atoms with Gasteiger partial charge >= 0.3 is 22.2 Å². The molecule has 0 bridgehead atoms. The molecule has 0 radical (unpaired) electrons. The third-order valence-electron chi connectivity index (χ3n) is 4.99. The van der Waals surface area contributed by atoms with Gasteiger partial charge in [-0.15, -0.1) is 0 Å². The van der Waals surface area contributed by atoms with Gasteiger partial charge in [0.05, 0.1) is 13.0 Å². The van der Waals surface area contributed by atoms with Gasteiger partial charge in [0.25, 0.3) is 0 Å². The van der Waals surface area contributed by atoms with Gasteiger partial charge in [0.1, 0.15) is 17.3 Å². The molecule has 9 heteroatoms. The van der Waals surface area contributed by atoms with Gasteiger partial charge in [-0.05, 0) is 42.3 Å². The molecule has 0 aliphatic heterocycles. The molecule has 3 aromatic rings.